The van der Waals surface area contributed by atoms with Crippen LogP contribution in [0.15, 0.2) is 30.3 Å². The van der Waals surface area contributed by atoms with Gasteiger partial charge in [0.25, 0.3) is 0 Å². The molecule has 0 bridgehead atoms. The molecular weight excluding hydrogens is 254 g/mol. The molecule has 1 heterocycles. The lowest BCUT2D eigenvalue weighted by atomic mass is 9.94. The number of nitrogens with zero attached hydrogens (tertiary/aromatic N) is 1. The van der Waals surface area contributed by atoms with Crippen LogP contribution in [0.5, 0.6) is 0 Å². The van der Waals surface area contributed by atoms with Crippen molar-refractivity contribution in [2.45, 2.75) is 25.7 Å². The molecule has 0 N–H and O–H groups in total. The van der Waals surface area contributed by atoms with E-state index in [2.05, 4.69) is 0 Å². The first-order valence-corrected chi connectivity index (χ1v) is 7.05. The number of carbonyl (C=O) groups excluding carboxylic acids is 2. The van der Waals surface area contributed by atoms with E-state index in [1.165, 1.54) is 7.11 Å². The summed E-state index contributed by atoms with van der Waals surface area (Å²) in [4.78, 5) is 25.9. The molecule has 4 nitrogen and oxygen atoms in total. The van der Waals surface area contributed by atoms with E-state index in [1.807, 2.05) is 37.3 Å². The normalized spacial score (nSPS) is 20.3. The Hall–Kier alpha value is -1.84. The van der Waals surface area contributed by atoms with Crippen LogP contribution in [-0.4, -0.2) is 37.0 Å². The number of esters is 1. The molecule has 0 aromatic heterocycles. The van der Waals surface area contributed by atoms with Crippen LogP contribution < -0.4 is 0 Å². The molecule has 1 saturated heterocycles. The van der Waals surface area contributed by atoms with E-state index < -0.39 is 0 Å². The number of likely N-dealkylation sites (tertiary alicyclic amines) is 1. The Morgan fingerprint density at radius 3 is 2.65 bits per heavy atom. The molecule has 4 heteroatoms. The first-order valence-electron chi connectivity index (χ1n) is 7.05. The third-order valence-electron chi connectivity index (χ3n) is 3.94. The van der Waals surface area contributed by atoms with Crippen molar-refractivity contribution in [3.8, 4) is 0 Å². The first-order chi connectivity index (χ1) is 9.63. The van der Waals surface area contributed by atoms with Gasteiger partial charge in [-0.1, -0.05) is 30.3 Å². The van der Waals surface area contributed by atoms with Crippen LogP contribution in [0.4, 0.5) is 0 Å². The van der Waals surface area contributed by atoms with E-state index >= 15 is 0 Å². The van der Waals surface area contributed by atoms with Gasteiger partial charge >= 0.3 is 5.97 Å². The number of amides is 1. The SMILES string of the molecule is COC(=O)[C@H]1CCCN(C(=O)[C@H](C)c2ccccc2)C1. The number of ether oxygens (including phenoxy) is 1. The summed E-state index contributed by atoms with van der Waals surface area (Å²) in [5.74, 6) is -0.479. The van der Waals surface area contributed by atoms with E-state index in [4.69, 9.17) is 4.74 Å². The number of carbonyl (C=O) groups is 2. The van der Waals surface area contributed by atoms with E-state index in [-0.39, 0.29) is 23.7 Å². The third-order valence-corrected chi connectivity index (χ3v) is 3.94. The highest BCUT2D eigenvalue weighted by atomic mass is 16.5. The topological polar surface area (TPSA) is 46.6 Å². The monoisotopic (exact) mass is 275 g/mol. The van der Waals surface area contributed by atoms with Crippen LogP contribution in [0, 0.1) is 5.92 Å². The van der Waals surface area contributed by atoms with Gasteiger partial charge < -0.3 is 9.64 Å². The molecule has 1 aromatic carbocycles. The van der Waals surface area contributed by atoms with E-state index in [0.29, 0.717) is 6.54 Å². The minimum absolute atomic E-state index is 0.0878. The molecule has 108 valence electrons. The van der Waals surface area contributed by atoms with Gasteiger partial charge in [-0.2, -0.15) is 0 Å². The number of rotatable bonds is 3. The van der Waals surface area contributed by atoms with Gasteiger partial charge in [-0.05, 0) is 25.3 Å². The highest BCUT2D eigenvalue weighted by Crippen LogP contribution is 2.23. The molecule has 0 unspecified atom stereocenters. The minimum atomic E-state index is -0.213. The van der Waals surface area contributed by atoms with Crippen molar-refractivity contribution in [1.82, 2.24) is 4.90 Å². The zero-order valence-electron chi connectivity index (χ0n) is 12.0. The summed E-state index contributed by atoms with van der Waals surface area (Å²) in [7, 11) is 1.40. The number of piperidine rings is 1. The molecule has 1 aromatic rings. The molecule has 2 rings (SSSR count). The maximum absolute atomic E-state index is 12.5. The summed E-state index contributed by atoms with van der Waals surface area (Å²) in [5, 5.41) is 0. The molecule has 1 aliphatic heterocycles. The average Bonchev–Trinajstić information content (AvgIpc) is 2.53. The van der Waals surface area contributed by atoms with Crippen molar-refractivity contribution < 1.29 is 14.3 Å². The highest BCUT2D eigenvalue weighted by Gasteiger charge is 2.31. The molecule has 0 radical (unpaired) electrons. The van der Waals surface area contributed by atoms with Crippen LogP contribution in [-0.2, 0) is 14.3 Å². The average molecular weight is 275 g/mol. The van der Waals surface area contributed by atoms with Gasteiger partial charge in [0.05, 0.1) is 18.9 Å². The third kappa shape index (κ3) is 3.18. The summed E-state index contributed by atoms with van der Waals surface area (Å²) >= 11 is 0. The van der Waals surface area contributed by atoms with Crippen molar-refractivity contribution in [1.29, 1.82) is 0 Å². The predicted octanol–water partition coefficient (Wildman–Crippen LogP) is 2.20. The van der Waals surface area contributed by atoms with Gasteiger partial charge in [-0.3, -0.25) is 9.59 Å². The Balaban J connectivity index is 2.03. The Morgan fingerprint density at radius 1 is 1.30 bits per heavy atom. The summed E-state index contributed by atoms with van der Waals surface area (Å²) < 4.78 is 4.79. The van der Waals surface area contributed by atoms with E-state index in [1.54, 1.807) is 4.90 Å². The van der Waals surface area contributed by atoms with Gasteiger partial charge in [-0.15, -0.1) is 0 Å². The standard InChI is InChI=1S/C16H21NO3/c1-12(13-7-4-3-5-8-13)15(18)17-10-6-9-14(11-17)16(19)20-2/h3-5,7-8,12,14H,6,9-11H2,1-2H3/t12-,14+/m1/s1. The van der Waals surface area contributed by atoms with Crippen molar-refractivity contribution in [3.63, 3.8) is 0 Å². The fourth-order valence-electron chi connectivity index (χ4n) is 2.69. The molecule has 1 fully saturated rings. The highest BCUT2D eigenvalue weighted by molar-refractivity contribution is 5.84. The van der Waals surface area contributed by atoms with E-state index in [9.17, 15) is 9.59 Å². The summed E-state index contributed by atoms with van der Waals surface area (Å²) in [5.41, 5.74) is 1.01. The lowest BCUT2D eigenvalue weighted by Gasteiger charge is -2.33. The van der Waals surface area contributed by atoms with Crippen LogP contribution in [0.25, 0.3) is 0 Å². The molecular formula is C16H21NO3. The van der Waals surface area contributed by atoms with E-state index in [0.717, 1.165) is 24.9 Å². The maximum Gasteiger partial charge on any atom is 0.310 e. The second-order valence-corrected chi connectivity index (χ2v) is 5.28. The fraction of sp³-hybridized carbons (Fsp3) is 0.500. The van der Waals surface area contributed by atoms with Crippen molar-refractivity contribution >= 4 is 11.9 Å². The lowest BCUT2D eigenvalue weighted by Crippen LogP contribution is -2.44. The first kappa shape index (κ1) is 14.6. The largest absolute Gasteiger partial charge is 0.469 e. The number of methoxy groups -OCH3 is 1. The van der Waals surface area contributed by atoms with Gasteiger partial charge in [0.15, 0.2) is 0 Å². The van der Waals surface area contributed by atoms with Crippen LogP contribution in [0.2, 0.25) is 0 Å². The molecule has 0 aliphatic carbocycles. The lowest BCUT2D eigenvalue weighted by molar-refractivity contribution is -0.149. The van der Waals surface area contributed by atoms with Crippen molar-refractivity contribution in [3.05, 3.63) is 35.9 Å². The van der Waals surface area contributed by atoms with Crippen LogP contribution in [0.1, 0.15) is 31.2 Å². The zero-order chi connectivity index (χ0) is 14.5. The Labute approximate surface area is 119 Å². The van der Waals surface area contributed by atoms with Crippen molar-refractivity contribution in [2.75, 3.05) is 20.2 Å². The fourth-order valence-corrected chi connectivity index (χ4v) is 2.69. The number of hydrogen-bond donors (Lipinski definition) is 0. The number of hydrogen-bond acceptors (Lipinski definition) is 3. The van der Waals surface area contributed by atoms with Gasteiger partial charge in [0, 0.05) is 13.1 Å². The second-order valence-electron chi connectivity index (χ2n) is 5.28. The predicted molar refractivity (Wildman–Crippen MR) is 76.2 cm³/mol. The van der Waals surface area contributed by atoms with Gasteiger partial charge in [-0.25, -0.2) is 0 Å². The Bertz CT molecular complexity index is 472. The maximum atomic E-state index is 12.5. The van der Waals surface area contributed by atoms with Gasteiger partial charge in [0.1, 0.15) is 0 Å². The van der Waals surface area contributed by atoms with Gasteiger partial charge in [0.2, 0.25) is 5.91 Å². The molecule has 1 amide bonds. The molecule has 0 spiro atoms. The van der Waals surface area contributed by atoms with Crippen LogP contribution >= 0.6 is 0 Å². The van der Waals surface area contributed by atoms with Crippen molar-refractivity contribution in [2.24, 2.45) is 5.92 Å². The smallest absolute Gasteiger partial charge is 0.310 e. The summed E-state index contributed by atoms with van der Waals surface area (Å²) in [6.07, 6.45) is 1.66. The molecule has 1 aliphatic rings. The zero-order valence-corrected chi connectivity index (χ0v) is 12.0. The molecule has 0 saturated carbocycles. The minimum Gasteiger partial charge on any atom is -0.469 e. The molecule has 20 heavy (non-hydrogen) atoms. The number of benzene rings is 1. The summed E-state index contributed by atoms with van der Waals surface area (Å²) in [6, 6.07) is 9.74. The molecule has 2 atom stereocenters. The quantitative estimate of drug-likeness (QED) is 0.794. The Kier molecular flexibility index (Phi) is 4.77. The second kappa shape index (κ2) is 6.55. The summed E-state index contributed by atoms with van der Waals surface area (Å²) in [6.45, 7) is 3.12. The van der Waals surface area contributed by atoms with Crippen LogP contribution in [0.3, 0.4) is 0 Å². The Morgan fingerprint density at radius 2 is 2.00 bits per heavy atom.